The molecule has 5 aromatic rings. The van der Waals surface area contributed by atoms with Crippen molar-refractivity contribution in [1.29, 1.82) is 0 Å². The molecule has 3 amide bonds. The van der Waals surface area contributed by atoms with Crippen LogP contribution in [0.4, 0.5) is 20.3 Å². The number of benzene rings is 3. The fraction of sp³-hybridized carbons (Fsp3) is 0.552. The maximum absolute atomic E-state index is 17.4. The molecular weight excluding hydrogens is 975 g/mol. The van der Waals surface area contributed by atoms with Crippen molar-refractivity contribution in [1.82, 2.24) is 30.1 Å². The zero-order valence-electron chi connectivity index (χ0n) is 43.8. The lowest BCUT2D eigenvalue weighted by Gasteiger charge is -2.53. The van der Waals surface area contributed by atoms with Crippen molar-refractivity contribution in [2.75, 3.05) is 76.1 Å². The Labute approximate surface area is 441 Å². The van der Waals surface area contributed by atoms with Crippen molar-refractivity contribution in [2.24, 2.45) is 10.8 Å². The molecule has 2 aliphatic carbocycles. The number of anilines is 2. The first-order valence-electron chi connectivity index (χ1n) is 27.4. The normalized spacial score (nSPS) is 23.8. The number of carbonyl (C=O) groups is 3. The van der Waals surface area contributed by atoms with E-state index in [-0.39, 0.29) is 65.7 Å². The van der Waals surface area contributed by atoms with Gasteiger partial charge in [0.25, 0.3) is 5.91 Å². The van der Waals surface area contributed by atoms with E-state index in [1.165, 1.54) is 13.2 Å². The summed E-state index contributed by atoms with van der Waals surface area (Å²) in [4.78, 5) is 60.4. The zero-order chi connectivity index (χ0) is 52.5. The number of imide groups is 1. The van der Waals surface area contributed by atoms with E-state index in [1.807, 2.05) is 24.0 Å². The van der Waals surface area contributed by atoms with Gasteiger partial charge < -0.3 is 43.7 Å². The summed E-state index contributed by atoms with van der Waals surface area (Å²) in [5, 5.41) is 15.2. The van der Waals surface area contributed by atoms with Crippen LogP contribution in [0.3, 0.4) is 0 Å². The number of β-amino-alcohol motifs (C(OH)–C–C–N with tert-alkyl or cyclic N) is 1. The number of aryl methyl sites for hydroxylation is 1. The summed E-state index contributed by atoms with van der Waals surface area (Å²) in [6, 6.07) is 12.0. The summed E-state index contributed by atoms with van der Waals surface area (Å²) in [6.45, 7) is 10.0. The third kappa shape index (κ3) is 9.83. The molecule has 1 spiro atoms. The third-order valence-corrected chi connectivity index (χ3v) is 17.7. The number of halogens is 2. The van der Waals surface area contributed by atoms with E-state index in [9.17, 15) is 19.5 Å². The molecule has 3 aromatic carbocycles. The lowest BCUT2D eigenvalue weighted by molar-refractivity contribution is -0.137. The Kier molecular flexibility index (Phi) is 13.4. The Morgan fingerprint density at radius 3 is 2.41 bits per heavy atom. The maximum Gasteiger partial charge on any atom is 0.319 e. The van der Waals surface area contributed by atoms with Crippen molar-refractivity contribution >= 4 is 50.9 Å². The number of aromatic nitrogens is 3. The molecule has 5 aliphatic heterocycles. The minimum Gasteiger partial charge on any atom is -0.468 e. The number of pyridine rings is 1. The number of nitrogens with zero attached hydrogens (tertiary/aromatic N) is 7. The number of likely N-dealkylation sites (tertiary alicyclic amines) is 1. The van der Waals surface area contributed by atoms with Crippen LogP contribution < -0.4 is 24.6 Å². The molecule has 76 heavy (non-hydrogen) atoms. The van der Waals surface area contributed by atoms with Gasteiger partial charge in [-0.15, -0.1) is 0 Å². The summed E-state index contributed by atoms with van der Waals surface area (Å²) in [6.07, 6.45) is 12.8. The molecule has 6 fully saturated rings. The summed E-state index contributed by atoms with van der Waals surface area (Å²) in [7, 11) is 1.52. The fourth-order valence-electron chi connectivity index (χ4n) is 13.2. The lowest BCUT2D eigenvalue weighted by Crippen LogP contribution is -2.52. The molecule has 2 aromatic heterocycles. The van der Waals surface area contributed by atoms with Gasteiger partial charge in [0.15, 0.2) is 12.6 Å². The van der Waals surface area contributed by atoms with Crippen LogP contribution in [0.5, 0.6) is 11.8 Å². The average molecular weight is 1040 g/mol. The summed E-state index contributed by atoms with van der Waals surface area (Å²) in [5.74, 6) is -1.02. The molecule has 18 heteroatoms. The van der Waals surface area contributed by atoms with Gasteiger partial charge in [0.05, 0.1) is 29.8 Å². The van der Waals surface area contributed by atoms with Gasteiger partial charge >= 0.3 is 6.01 Å². The van der Waals surface area contributed by atoms with Crippen LogP contribution in [0.2, 0.25) is 0 Å². The number of amides is 3. The number of ether oxygens (including phenoxy) is 4. The number of fused-ring (bicyclic) bond motifs is 3. The van der Waals surface area contributed by atoms with E-state index in [4.69, 9.17) is 33.9 Å². The molecule has 7 aliphatic rings. The topological polar surface area (TPSA) is 172 Å². The molecule has 1 unspecified atom stereocenters. The van der Waals surface area contributed by atoms with E-state index < -0.39 is 23.4 Å². The third-order valence-electron chi connectivity index (χ3n) is 17.7. The standard InChI is InChI=1S/C58H68F2N8O8/c1-4-41-45(59)9-6-35-25-39(75-34-73-3)26-43(48(35)41)50-49(60)51-44(29-61-50)52(67-19-5-14-56(2,72)31-67)64-55(63-51)74-33-58(15-16-58)32-65-22-17-57(18-23-65)27-40(28-57)76-38-12-20-66(21-13-38)37-7-8-42-36(24-37)30-68(54(42)71)46-10-11-47(69)62-53(46)70/h6-9,24-26,29,38,40,46,72H,4-5,10-23,27-28,30-34H2,1-3H3,(H,62,69,70)/t46?,56-/m1/s1. The van der Waals surface area contributed by atoms with E-state index in [1.54, 1.807) is 36.2 Å². The molecule has 4 saturated heterocycles. The molecule has 402 valence electrons. The largest absolute Gasteiger partial charge is 0.468 e. The first kappa shape index (κ1) is 50.7. The van der Waals surface area contributed by atoms with Gasteiger partial charge in [-0.25, -0.2) is 8.78 Å². The molecular formula is C58H68F2N8O8. The lowest BCUT2D eigenvalue weighted by atomic mass is 9.61. The van der Waals surface area contributed by atoms with Gasteiger partial charge in [-0.1, -0.05) is 13.0 Å². The smallest absolute Gasteiger partial charge is 0.319 e. The molecule has 2 saturated carbocycles. The van der Waals surface area contributed by atoms with Crippen LogP contribution in [-0.4, -0.2) is 138 Å². The number of nitrogens with one attached hydrogen (secondary N) is 1. The van der Waals surface area contributed by atoms with E-state index in [0.717, 1.165) is 102 Å². The number of hydrogen-bond donors (Lipinski definition) is 2. The van der Waals surface area contributed by atoms with E-state index >= 15 is 8.78 Å². The molecule has 12 rings (SSSR count). The quantitative estimate of drug-likeness (QED) is 0.0767. The highest BCUT2D eigenvalue weighted by atomic mass is 19.1. The number of methoxy groups -OCH3 is 1. The van der Waals surface area contributed by atoms with Crippen LogP contribution in [0.15, 0.2) is 48.7 Å². The van der Waals surface area contributed by atoms with Gasteiger partial charge in [-0.3, -0.25) is 24.7 Å². The predicted octanol–water partition coefficient (Wildman–Crippen LogP) is 7.87. The Bertz CT molecular complexity index is 3090. The fourth-order valence-corrected chi connectivity index (χ4v) is 13.2. The molecule has 16 nitrogen and oxygen atoms in total. The van der Waals surface area contributed by atoms with Crippen LogP contribution >= 0.6 is 0 Å². The SMILES string of the molecule is CCc1c(F)ccc2cc(OCOC)cc(-c3ncc4c(N5CCC[C@@](C)(O)C5)nc(OCC5(CN6CCC7(CC6)CC(OC6CCN(c8ccc9c(c8)CN(C8CCC(=O)NC8=O)C9=O)CC6)C7)CC5)nc4c3F)c12. The molecule has 0 bridgehead atoms. The second kappa shape index (κ2) is 20.1. The Morgan fingerprint density at radius 2 is 1.67 bits per heavy atom. The second-order valence-electron chi connectivity index (χ2n) is 23.2. The summed E-state index contributed by atoms with van der Waals surface area (Å²) >= 11 is 0. The average Bonchev–Trinajstić information content (AvgIpc) is 4.14. The Balaban J connectivity index is 0.671. The molecule has 2 N–H and O–H groups in total. The van der Waals surface area contributed by atoms with E-state index in [2.05, 4.69) is 21.2 Å². The first-order valence-corrected chi connectivity index (χ1v) is 27.4. The summed E-state index contributed by atoms with van der Waals surface area (Å²) in [5.41, 5.74) is 2.80. The summed E-state index contributed by atoms with van der Waals surface area (Å²) < 4.78 is 57.1. The number of hydrogen-bond acceptors (Lipinski definition) is 14. The van der Waals surface area contributed by atoms with Crippen molar-refractivity contribution in [3.63, 3.8) is 0 Å². The number of piperidine rings is 4. The van der Waals surface area contributed by atoms with Crippen molar-refractivity contribution in [3.8, 4) is 23.0 Å². The van der Waals surface area contributed by atoms with Crippen LogP contribution in [0.25, 0.3) is 32.9 Å². The van der Waals surface area contributed by atoms with Gasteiger partial charge in [-0.2, -0.15) is 9.97 Å². The highest BCUT2D eigenvalue weighted by Gasteiger charge is 2.50. The van der Waals surface area contributed by atoms with Gasteiger partial charge in [0, 0.05) is 81.2 Å². The number of aliphatic hydroxyl groups is 1. The maximum atomic E-state index is 17.4. The Morgan fingerprint density at radius 1 is 0.868 bits per heavy atom. The molecule has 2 atom stereocenters. The van der Waals surface area contributed by atoms with E-state index in [0.29, 0.717) is 95.3 Å². The monoisotopic (exact) mass is 1040 g/mol. The number of carbonyl (C=O) groups excluding carboxylic acids is 3. The highest BCUT2D eigenvalue weighted by Crippen LogP contribution is 2.53. The zero-order valence-corrected chi connectivity index (χ0v) is 43.8. The molecule has 7 heterocycles. The van der Waals surface area contributed by atoms with Crippen LogP contribution in [0, 0.1) is 22.5 Å². The minimum absolute atomic E-state index is 0.00517. The highest BCUT2D eigenvalue weighted by molar-refractivity contribution is 6.06. The number of rotatable bonds is 15. The second-order valence-corrected chi connectivity index (χ2v) is 23.2. The molecule has 0 radical (unpaired) electrons. The first-order chi connectivity index (χ1) is 36.7. The van der Waals surface area contributed by atoms with Crippen LogP contribution in [0.1, 0.15) is 112 Å². The van der Waals surface area contributed by atoms with Gasteiger partial charge in [0.2, 0.25) is 11.8 Å². The van der Waals surface area contributed by atoms with Crippen LogP contribution in [-0.2, 0) is 32.0 Å². The minimum atomic E-state index is -0.966. The van der Waals surface area contributed by atoms with Crippen molar-refractivity contribution in [3.05, 3.63) is 77.0 Å². The van der Waals surface area contributed by atoms with Crippen molar-refractivity contribution in [2.45, 2.75) is 128 Å². The van der Waals surface area contributed by atoms with Gasteiger partial charge in [-0.05, 0) is 161 Å². The Hall–Kier alpha value is -6.08. The van der Waals surface area contributed by atoms with Crippen molar-refractivity contribution < 1.29 is 47.2 Å². The van der Waals surface area contributed by atoms with Gasteiger partial charge in [0.1, 0.15) is 34.6 Å². The predicted molar refractivity (Wildman–Crippen MR) is 281 cm³/mol.